The molecular weight excluding hydrogens is 883 g/mol. The molecule has 11 heteroatoms. The van der Waals surface area contributed by atoms with E-state index in [0.29, 0.717) is 11.8 Å². The van der Waals surface area contributed by atoms with Gasteiger partial charge in [-0.1, -0.05) is 88.7 Å². The van der Waals surface area contributed by atoms with Gasteiger partial charge in [0.1, 0.15) is 29.7 Å². The number of alkyl halides is 1. The molecule has 344 valence electrons. The van der Waals surface area contributed by atoms with Gasteiger partial charge in [-0.3, -0.25) is 24.7 Å². The number of likely N-dealkylation sites (tertiary alicyclic amines) is 1. The van der Waals surface area contributed by atoms with Crippen molar-refractivity contribution in [3.8, 4) is 11.5 Å². The Hall–Kier alpha value is -5.04. The molecule has 2 aliphatic rings. The number of nitrogens with one attached hydrogen (secondary N) is 1. The summed E-state index contributed by atoms with van der Waals surface area (Å²) < 4.78 is 38.0. The Balaban J connectivity index is 0.000000184. The second-order valence-corrected chi connectivity index (χ2v) is 17.6. The van der Waals surface area contributed by atoms with E-state index in [1.54, 1.807) is 0 Å². The summed E-state index contributed by atoms with van der Waals surface area (Å²) in [5.41, 5.74) is 4.16. The first-order valence-corrected chi connectivity index (χ1v) is 24.1. The summed E-state index contributed by atoms with van der Waals surface area (Å²) in [4.78, 5) is 16.4. The van der Waals surface area contributed by atoms with Gasteiger partial charge >= 0.3 is 0 Å². The fourth-order valence-corrected chi connectivity index (χ4v) is 8.79. The molecule has 0 spiro atoms. The molecule has 8 rings (SSSR count). The number of benzene rings is 4. The number of piperidine rings is 2. The highest BCUT2D eigenvalue weighted by Gasteiger charge is 2.27. The van der Waals surface area contributed by atoms with Crippen LogP contribution in [0, 0.1) is 23.5 Å². The Morgan fingerprint density at radius 3 is 1.45 bits per heavy atom. The highest BCUT2D eigenvalue weighted by Crippen LogP contribution is 2.30. The van der Waals surface area contributed by atoms with Crippen molar-refractivity contribution in [1.82, 2.24) is 30.0 Å². The van der Waals surface area contributed by atoms with Crippen LogP contribution < -0.4 is 14.8 Å². The minimum Gasteiger partial charge on any atom is -0.493 e. The SMILES string of the molecule is BrCCOc1ccccc1.CN(CC1CCN(CCOc2ccccc2)CC1)C(c1ccc(F)cc1)c1ccccn1.CN(CC1CCNCC1)C(c1ccc(F)cc1)c1ccccn1. The van der Waals surface area contributed by atoms with E-state index >= 15 is 0 Å². The lowest BCUT2D eigenvalue weighted by Crippen LogP contribution is -2.40. The van der Waals surface area contributed by atoms with Crippen LogP contribution in [0.3, 0.4) is 0 Å². The molecule has 1 N–H and O–H groups in total. The molecule has 2 unspecified atom stereocenters. The Bertz CT molecular complexity index is 2150. The zero-order chi connectivity index (χ0) is 45.5. The molecule has 0 aliphatic carbocycles. The third-order valence-electron chi connectivity index (χ3n) is 12.0. The van der Waals surface area contributed by atoms with Crippen molar-refractivity contribution in [2.45, 2.75) is 37.8 Å². The normalized spacial score (nSPS) is 15.6. The Kier molecular flexibility index (Phi) is 20.9. The molecule has 6 aromatic rings. The van der Waals surface area contributed by atoms with E-state index in [-0.39, 0.29) is 23.7 Å². The predicted molar refractivity (Wildman–Crippen MR) is 263 cm³/mol. The van der Waals surface area contributed by atoms with Gasteiger partial charge in [-0.2, -0.15) is 0 Å². The van der Waals surface area contributed by atoms with Crippen molar-refractivity contribution in [2.75, 3.05) is 78.5 Å². The monoisotopic (exact) mass is 946 g/mol. The largest absolute Gasteiger partial charge is 0.493 e. The lowest BCUT2D eigenvalue weighted by molar-refractivity contribution is 0.127. The van der Waals surface area contributed by atoms with Gasteiger partial charge in [-0.25, -0.2) is 8.78 Å². The van der Waals surface area contributed by atoms with Crippen LogP contribution in [0.2, 0.25) is 0 Å². The van der Waals surface area contributed by atoms with Crippen molar-refractivity contribution in [3.05, 3.63) is 192 Å². The van der Waals surface area contributed by atoms with Gasteiger partial charge in [0.2, 0.25) is 0 Å². The zero-order valence-electron chi connectivity index (χ0n) is 37.9. The van der Waals surface area contributed by atoms with Gasteiger partial charge in [0.15, 0.2) is 0 Å². The lowest BCUT2D eigenvalue weighted by Gasteiger charge is -2.36. The second-order valence-electron chi connectivity index (χ2n) is 16.8. The maximum atomic E-state index is 13.5. The van der Waals surface area contributed by atoms with Crippen LogP contribution in [0.5, 0.6) is 11.5 Å². The second kappa shape index (κ2) is 27.4. The number of hydrogen-bond acceptors (Lipinski definition) is 8. The van der Waals surface area contributed by atoms with E-state index in [2.05, 4.69) is 66.1 Å². The van der Waals surface area contributed by atoms with Gasteiger partial charge in [0.05, 0.1) is 30.1 Å². The number of nitrogens with zero attached hydrogens (tertiary/aromatic N) is 5. The number of hydrogen-bond donors (Lipinski definition) is 1. The number of para-hydroxylation sites is 2. The third kappa shape index (κ3) is 16.7. The molecule has 2 fully saturated rings. The molecule has 0 bridgehead atoms. The highest BCUT2D eigenvalue weighted by atomic mass is 79.9. The van der Waals surface area contributed by atoms with Crippen molar-refractivity contribution in [3.63, 3.8) is 0 Å². The molecule has 65 heavy (non-hydrogen) atoms. The highest BCUT2D eigenvalue weighted by molar-refractivity contribution is 9.09. The number of aromatic nitrogens is 2. The minimum absolute atomic E-state index is 0.0223. The average molecular weight is 948 g/mol. The number of halogens is 3. The van der Waals surface area contributed by atoms with Crippen molar-refractivity contribution < 1.29 is 18.3 Å². The van der Waals surface area contributed by atoms with E-state index in [1.165, 1.54) is 49.9 Å². The first-order chi connectivity index (χ1) is 31.9. The van der Waals surface area contributed by atoms with Gasteiger partial charge in [-0.15, -0.1) is 0 Å². The molecule has 0 saturated carbocycles. The van der Waals surface area contributed by atoms with Crippen LogP contribution in [-0.2, 0) is 0 Å². The van der Waals surface area contributed by atoms with Gasteiger partial charge < -0.3 is 14.8 Å². The summed E-state index contributed by atoms with van der Waals surface area (Å²) in [5, 5.41) is 4.29. The third-order valence-corrected chi connectivity index (χ3v) is 12.3. The molecule has 8 nitrogen and oxygen atoms in total. The average Bonchev–Trinajstić information content (AvgIpc) is 3.35. The molecule has 4 aromatic carbocycles. The molecule has 0 radical (unpaired) electrons. The Morgan fingerprint density at radius 1 is 0.585 bits per heavy atom. The molecule has 2 saturated heterocycles. The summed E-state index contributed by atoms with van der Waals surface area (Å²) in [6.45, 7) is 8.83. The lowest BCUT2D eigenvalue weighted by atomic mass is 9.94. The van der Waals surface area contributed by atoms with E-state index in [9.17, 15) is 8.78 Å². The van der Waals surface area contributed by atoms with Gasteiger partial charge in [0, 0.05) is 37.4 Å². The summed E-state index contributed by atoms with van der Waals surface area (Å²) in [6.07, 6.45) is 8.42. The van der Waals surface area contributed by atoms with E-state index < -0.39 is 0 Å². The van der Waals surface area contributed by atoms with Crippen LogP contribution in [-0.4, -0.2) is 103 Å². The fraction of sp³-hybridized carbons (Fsp3) is 0.370. The van der Waals surface area contributed by atoms with Crippen LogP contribution in [0.15, 0.2) is 158 Å². The van der Waals surface area contributed by atoms with Crippen LogP contribution >= 0.6 is 15.9 Å². The molecule has 2 atom stereocenters. The molecule has 4 heterocycles. The van der Waals surface area contributed by atoms with Crippen molar-refractivity contribution in [2.24, 2.45) is 11.8 Å². The first kappa shape index (κ1) is 49.4. The maximum absolute atomic E-state index is 13.5. The molecule has 2 aromatic heterocycles. The van der Waals surface area contributed by atoms with E-state index in [0.717, 1.165) is 98.4 Å². The zero-order valence-corrected chi connectivity index (χ0v) is 39.5. The summed E-state index contributed by atoms with van der Waals surface area (Å²) in [5.74, 6) is 2.80. The van der Waals surface area contributed by atoms with E-state index in [4.69, 9.17) is 9.47 Å². The van der Waals surface area contributed by atoms with Crippen LogP contribution in [0.1, 0.15) is 60.3 Å². The molecule has 2 aliphatic heterocycles. The number of ether oxygens (including phenoxy) is 2. The topological polar surface area (TPSA) is 66.0 Å². The smallest absolute Gasteiger partial charge is 0.123 e. The quantitative estimate of drug-likeness (QED) is 0.0908. The Labute approximate surface area is 394 Å². The van der Waals surface area contributed by atoms with Crippen LogP contribution in [0.25, 0.3) is 0 Å². The standard InChI is InChI=1S/C27H32FN3O.C19H24FN3.C8H9BrO/c1-30(27(26-9-5-6-16-29-26)23-10-12-24(28)13-11-23)21-22-14-17-31(18-15-22)19-20-32-25-7-3-2-4-8-25;1-23(14-15-9-12-21-13-10-15)19(18-4-2-3-11-22-18)16-5-7-17(20)8-6-16;9-6-7-10-8-4-2-1-3-5-8/h2-13,16,22,27H,14-15,17-21H2,1H3;2-8,11,15,19,21H,9-10,12-14H2,1H3;1-5H,6-7H2. The molecule has 0 amide bonds. The van der Waals surface area contributed by atoms with Gasteiger partial charge in [-0.05, 0) is 162 Å². The summed E-state index contributed by atoms with van der Waals surface area (Å²) in [6, 6.07) is 45.5. The fourth-order valence-electron chi connectivity index (χ4n) is 8.63. The van der Waals surface area contributed by atoms with Crippen molar-refractivity contribution in [1.29, 1.82) is 0 Å². The summed E-state index contributed by atoms with van der Waals surface area (Å²) in [7, 11) is 4.30. The van der Waals surface area contributed by atoms with Crippen molar-refractivity contribution >= 4 is 15.9 Å². The van der Waals surface area contributed by atoms with E-state index in [1.807, 2.05) is 128 Å². The van der Waals surface area contributed by atoms with Gasteiger partial charge in [0.25, 0.3) is 0 Å². The predicted octanol–water partition coefficient (Wildman–Crippen LogP) is 10.7. The summed E-state index contributed by atoms with van der Waals surface area (Å²) >= 11 is 3.28. The number of rotatable bonds is 17. The number of pyridine rings is 2. The minimum atomic E-state index is -0.209. The first-order valence-electron chi connectivity index (χ1n) is 22.9. The maximum Gasteiger partial charge on any atom is 0.123 e. The van der Waals surface area contributed by atoms with Crippen LogP contribution in [0.4, 0.5) is 8.78 Å². The molecular formula is C54H65BrF2N6O2. The Morgan fingerprint density at radius 2 is 1.02 bits per heavy atom.